The van der Waals surface area contributed by atoms with Gasteiger partial charge in [0.1, 0.15) is 5.76 Å². The van der Waals surface area contributed by atoms with Crippen molar-refractivity contribution in [3.05, 3.63) is 17.0 Å². The summed E-state index contributed by atoms with van der Waals surface area (Å²) in [6, 6.07) is 0. The van der Waals surface area contributed by atoms with E-state index in [4.69, 9.17) is 10.9 Å². The molecule has 1 aromatic heterocycles. The van der Waals surface area contributed by atoms with Crippen molar-refractivity contribution >= 4 is 5.96 Å². The van der Waals surface area contributed by atoms with Crippen LogP contribution in [0, 0.1) is 26.2 Å². The van der Waals surface area contributed by atoms with Crippen molar-refractivity contribution in [1.82, 2.24) is 15.8 Å². The topological polar surface area (TPSA) is 62.5 Å². The fourth-order valence-corrected chi connectivity index (χ4v) is 1.28. The van der Waals surface area contributed by atoms with Crippen LogP contribution in [0.15, 0.2) is 9.52 Å². The Morgan fingerprint density at radius 1 is 1.50 bits per heavy atom. The quantitative estimate of drug-likeness (QED) is 0.444. The zero-order valence-electron chi connectivity index (χ0n) is 9.79. The van der Waals surface area contributed by atoms with Gasteiger partial charge in [0.05, 0.1) is 12.2 Å². The number of aromatic nitrogens is 1. The van der Waals surface area contributed by atoms with Gasteiger partial charge in [0.2, 0.25) is 0 Å². The maximum absolute atomic E-state index is 5.15. The van der Waals surface area contributed by atoms with E-state index >= 15 is 0 Å². The molecule has 16 heavy (non-hydrogen) atoms. The average Bonchev–Trinajstić information content (AvgIpc) is 2.60. The third kappa shape index (κ3) is 3.02. The Kier molecular flexibility index (Phi) is 4.40. The Bertz CT molecular complexity index is 395. The summed E-state index contributed by atoms with van der Waals surface area (Å²) in [7, 11) is 1.69. The predicted molar refractivity (Wildman–Crippen MR) is 63.0 cm³/mol. The molecule has 0 aliphatic rings. The van der Waals surface area contributed by atoms with Crippen LogP contribution < -0.4 is 10.6 Å². The summed E-state index contributed by atoms with van der Waals surface area (Å²) in [5, 5.41) is 9.98. The van der Waals surface area contributed by atoms with Crippen LogP contribution in [-0.4, -0.2) is 24.7 Å². The van der Waals surface area contributed by atoms with Gasteiger partial charge in [-0.25, -0.2) is 0 Å². The lowest BCUT2D eigenvalue weighted by Crippen LogP contribution is -2.37. The van der Waals surface area contributed by atoms with Crippen molar-refractivity contribution in [2.24, 2.45) is 4.99 Å². The lowest BCUT2D eigenvalue weighted by Gasteiger charge is -2.09. The molecular weight excluding hydrogens is 204 g/mol. The van der Waals surface area contributed by atoms with E-state index in [-0.39, 0.29) is 0 Å². The number of aryl methyl sites for hydroxylation is 2. The minimum atomic E-state index is 0.446. The van der Waals surface area contributed by atoms with Crippen molar-refractivity contribution in [2.45, 2.75) is 20.4 Å². The summed E-state index contributed by atoms with van der Waals surface area (Å²) in [6.45, 7) is 4.85. The van der Waals surface area contributed by atoms with Crippen LogP contribution in [0.3, 0.4) is 0 Å². The van der Waals surface area contributed by atoms with Crippen LogP contribution in [0.25, 0.3) is 0 Å². The lowest BCUT2D eigenvalue weighted by molar-refractivity contribution is 0.392. The van der Waals surface area contributed by atoms with Gasteiger partial charge >= 0.3 is 0 Å². The number of aliphatic imine (C=N–C) groups is 1. The fraction of sp³-hybridized carbons (Fsp3) is 0.455. The number of terminal acetylenes is 1. The minimum absolute atomic E-state index is 0.446. The first-order chi connectivity index (χ1) is 7.69. The summed E-state index contributed by atoms with van der Waals surface area (Å²) < 4.78 is 5.06. The summed E-state index contributed by atoms with van der Waals surface area (Å²) in [5.74, 6) is 3.97. The van der Waals surface area contributed by atoms with Crippen molar-refractivity contribution in [3.8, 4) is 12.3 Å². The molecule has 0 amide bonds. The van der Waals surface area contributed by atoms with Gasteiger partial charge in [-0.05, 0) is 13.8 Å². The molecule has 0 unspecified atom stereocenters. The van der Waals surface area contributed by atoms with E-state index < -0.39 is 0 Å². The average molecular weight is 220 g/mol. The van der Waals surface area contributed by atoms with Gasteiger partial charge in [0.15, 0.2) is 5.96 Å². The summed E-state index contributed by atoms with van der Waals surface area (Å²) in [5.41, 5.74) is 1.93. The Hall–Kier alpha value is -1.96. The molecule has 0 saturated heterocycles. The molecule has 0 aromatic carbocycles. The highest BCUT2D eigenvalue weighted by molar-refractivity contribution is 5.79. The second kappa shape index (κ2) is 5.81. The van der Waals surface area contributed by atoms with Crippen molar-refractivity contribution in [2.75, 3.05) is 13.6 Å². The molecule has 86 valence electrons. The zero-order chi connectivity index (χ0) is 12.0. The third-order valence-electron chi connectivity index (χ3n) is 2.20. The smallest absolute Gasteiger partial charge is 0.192 e. The molecule has 0 fully saturated rings. The highest BCUT2D eigenvalue weighted by atomic mass is 16.5. The SMILES string of the molecule is C#CCNC(=NC)NCc1c(C)noc1C. The number of hydrogen-bond donors (Lipinski definition) is 2. The molecule has 0 aliphatic carbocycles. The molecule has 0 radical (unpaired) electrons. The number of hydrogen-bond acceptors (Lipinski definition) is 3. The monoisotopic (exact) mass is 220 g/mol. The first kappa shape index (κ1) is 12.1. The minimum Gasteiger partial charge on any atom is -0.361 e. The summed E-state index contributed by atoms with van der Waals surface area (Å²) in [6.07, 6.45) is 5.15. The Morgan fingerprint density at radius 2 is 2.25 bits per heavy atom. The molecule has 0 aliphatic heterocycles. The normalized spacial score (nSPS) is 11.0. The Morgan fingerprint density at radius 3 is 2.75 bits per heavy atom. The molecule has 1 heterocycles. The van der Waals surface area contributed by atoms with Crippen LogP contribution in [-0.2, 0) is 6.54 Å². The zero-order valence-corrected chi connectivity index (χ0v) is 9.79. The molecule has 5 heteroatoms. The van der Waals surface area contributed by atoms with E-state index in [0.717, 1.165) is 17.0 Å². The Balaban J connectivity index is 2.54. The van der Waals surface area contributed by atoms with E-state index in [9.17, 15) is 0 Å². The van der Waals surface area contributed by atoms with Crippen LogP contribution >= 0.6 is 0 Å². The molecule has 5 nitrogen and oxygen atoms in total. The summed E-state index contributed by atoms with van der Waals surface area (Å²) in [4.78, 5) is 4.03. The highest BCUT2D eigenvalue weighted by Crippen LogP contribution is 2.11. The lowest BCUT2D eigenvalue weighted by atomic mass is 10.2. The van der Waals surface area contributed by atoms with Crippen molar-refractivity contribution in [1.29, 1.82) is 0 Å². The molecule has 1 aromatic rings. The molecule has 0 atom stereocenters. The first-order valence-corrected chi connectivity index (χ1v) is 4.98. The van der Waals surface area contributed by atoms with Gasteiger partial charge in [-0.2, -0.15) is 0 Å². The number of rotatable bonds is 3. The first-order valence-electron chi connectivity index (χ1n) is 4.98. The molecule has 2 N–H and O–H groups in total. The predicted octanol–water partition coefficient (Wildman–Crippen LogP) is 0.590. The van der Waals surface area contributed by atoms with Crippen LogP contribution in [0.2, 0.25) is 0 Å². The van der Waals surface area contributed by atoms with Gasteiger partial charge < -0.3 is 15.2 Å². The van der Waals surface area contributed by atoms with E-state index in [1.165, 1.54) is 0 Å². The largest absolute Gasteiger partial charge is 0.361 e. The second-order valence-corrected chi connectivity index (χ2v) is 3.29. The van der Waals surface area contributed by atoms with Crippen LogP contribution in [0.5, 0.6) is 0 Å². The maximum Gasteiger partial charge on any atom is 0.192 e. The summed E-state index contributed by atoms with van der Waals surface area (Å²) >= 11 is 0. The maximum atomic E-state index is 5.15. The standard InChI is InChI=1S/C11H16N4O/c1-5-6-13-11(12-4)14-7-10-8(2)15-16-9(10)3/h1H,6-7H2,2-4H3,(H2,12,13,14). The Labute approximate surface area is 95.3 Å². The molecule has 0 spiro atoms. The van der Waals surface area contributed by atoms with E-state index in [2.05, 4.69) is 26.7 Å². The third-order valence-corrected chi connectivity index (χ3v) is 2.20. The fourth-order valence-electron chi connectivity index (χ4n) is 1.28. The van der Waals surface area contributed by atoms with Crippen LogP contribution in [0.1, 0.15) is 17.0 Å². The van der Waals surface area contributed by atoms with Crippen LogP contribution in [0.4, 0.5) is 0 Å². The van der Waals surface area contributed by atoms with E-state index in [1.807, 2.05) is 13.8 Å². The van der Waals surface area contributed by atoms with Gasteiger partial charge in [-0.3, -0.25) is 4.99 Å². The second-order valence-electron chi connectivity index (χ2n) is 3.29. The van der Waals surface area contributed by atoms with Crippen molar-refractivity contribution < 1.29 is 4.52 Å². The molecule has 0 saturated carbocycles. The molecule has 0 bridgehead atoms. The van der Waals surface area contributed by atoms with E-state index in [0.29, 0.717) is 19.0 Å². The van der Waals surface area contributed by atoms with Gasteiger partial charge in [0.25, 0.3) is 0 Å². The molecule has 1 rings (SSSR count). The number of nitrogens with one attached hydrogen (secondary N) is 2. The van der Waals surface area contributed by atoms with Gasteiger partial charge in [-0.1, -0.05) is 11.1 Å². The van der Waals surface area contributed by atoms with E-state index in [1.54, 1.807) is 7.05 Å². The highest BCUT2D eigenvalue weighted by Gasteiger charge is 2.08. The van der Waals surface area contributed by atoms with Gasteiger partial charge in [0, 0.05) is 19.2 Å². The van der Waals surface area contributed by atoms with Gasteiger partial charge in [-0.15, -0.1) is 6.42 Å². The number of nitrogens with zero attached hydrogens (tertiary/aromatic N) is 2. The molecular formula is C11H16N4O. The van der Waals surface area contributed by atoms with Crippen molar-refractivity contribution in [3.63, 3.8) is 0 Å². The number of guanidine groups is 1.